The highest BCUT2D eigenvalue weighted by molar-refractivity contribution is 9.10. The number of halogens is 2. The first-order valence-corrected chi connectivity index (χ1v) is 11.6. The largest absolute Gasteiger partial charge is 0.362 e. The molecule has 0 unspecified atom stereocenters. The normalized spacial score (nSPS) is 18.4. The van der Waals surface area contributed by atoms with Crippen molar-refractivity contribution >= 4 is 44.5 Å². The van der Waals surface area contributed by atoms with Gasteiger partial charge in [-0.1, -0.05) is 28.1 Å². The fourth-order valence-corrected chi connectivity index (χ4v) is 4.50. The van der Waals surface area contributed by atoms with Crippen molar-refractivity contribution < 1.29 is 9.18 Å². The zero-order chi connectivity index (χ0) is 22.7. The van der Waals surface area contributed by atoms with Gasteiger partial charge in [-0.3, -0.25) is 4.79 Å². The maximum Gasteiger partial charge on any atom is 0.254 e. The standard InChI is InChI=1S/C24H27BrFN5O/c1-31(2)22-19-5-3-4-6-21(19)29-24(30-22)28-17-10-7-15(8-11-17)14-27-23(32)18-12-9-16(25)13-20(18)26/h3-6,9,12-13,15,17H,7-8,10-11,14H2,1-2H3,(H,27,32)(H,28,29,30)/t15-,17+. The number of benzene rings is 2. The maximum atomic E-state index is 14.0. The summed E-state index contributed by atoms with van der Waals surface area (Å²) in [5, 5.41) is 7.42. The van der Waals surface area contributed by atoms with Crippen LogP contribution in [0.15, 0.2) is 46.9 Å². The summed E-state index contributed by atoms with van der Waals surface area (Å²) in [7, 11) is 3.97. The van der Waals surface area contributed by atoms with Gasteiger partial charge in [0.2, 0.25) is 5.95 Å². The van der Waals surface area contributed by atoms with Crippen molar-refractivity contribution in [1.82, 2.24) is 15.3 Å². The summed E-state index contributed by atoms with van der Waals surface area (Å²) in [5.41, 5.74) is 0.999. The average Bonchev–Trinajstić information content (AvgIpc) is 2.78. The van der Waals surface area contributed by atoms with E-state index in [1.807, 2.05) is 43.3 Å². The van der Waals surface area contributed by atoms with Crippen molar-refractivity contribution in [2.24, 2.45) is 5.92 Å². The molecule has 2 aromatic carbocycles. The minimum atomic E-state index is -0.516. The third-order valence-electron chi connectivity index (χ3n) is 5.91. The van der Waals surface area contributed by atoms with Crippen LogP contribution in [0.25, 0.3) is 10.9 Å². The number of aromatic nitrogens is 2. The van der Waals surface area contributed by atoms with Gasteiger partial charge in [0.05, 0.1) is 11.1 Å². The van der Waals surface area contributed by atoms with Crippen LogP contribution in [0.3, 0.4) is 0 Å². The second kappa shape index (κ2) is 9.81. The van der Waals surface area contributed by atoms with Crippen LogP contribution in [0.5, 0.6) is 0 Å². The SMILES string of the molecule is CN(C)c1nc(N[C@H]2CC[C@@H](CNC(=O)c3ccc(Br)cc3F)CC2)nc2ccccc12. The van der Waals surface area contributed by atoms with Gasteiger partial charge < -0.3 is 15.5 Å². The lowest BCUT2D eigenvalue weighted by Gasteiger charge is -2.29. The van der Waals surface area contributed by atoms with Crippen molar-refractivity contribution in [3.8, 4) is 0 Å². The Morgan fingerprint density at radius 3 is 2.59 bits per heavy atom. The molecular formula is C24H27BrFN5O. The van der Waals surface area contributed by atoms with Crippen molar-refractivity contribution in [3.63, 3.8) is 0 Å². The molecule has 1 aliphatic rings. The number of carbonyl (C=O) groups excluding carboxylic acids is 1. The highest BCUT2D eigenvalue weighted by atomic mass is 79.9. The molecule has 6 nitrogen and oxygen atoms in total. The molecular weight excluding hydrogens is 473 g/mol. The molecule has 8 heteroatoms. The summed E-state index contributed by atoms with van der Waals surface area (Å²) >= 11 is 3.21. The van der Waals surface area contributed by atoms with E-state index in [-0.39, 0.29) is 11.5 Å². The third kappa shape index (κ3) is 5.18. The van der Waals surface area contributed by atoms with Crippen LogP contribution in [-0.4, -0.2) is 42.6 Å². The van der Waals surface area contributed by atoms with E-state index in [1.165, 1.54) is 12.1 Å². The Labute approximate surface area is 195 Å². The fraction of sp³-hybridized carbons (Fsp3) is 0.375. The maximum absolute atomic E-state index is 14.0. The summed E-state index contributed by atoms with van der Waals surface area (Å²) in [6, 6.07) is 12.8. The van der Waals surface area contributed by atoms with Crippen LogP contribution in [-0.2, 0) is 0 Å². The molecule has 1 aromatic heterocycles. The molecule has 4 rings (SSSR count). The molecule has 0 radical (unpaired) electrons. The number of carbonyl (C=O) groups is 1. The Bertz CT molecular complexity index is 1110. The lowest BCUT2D eigenvalue weighted by Crippen LogP contribution is -2.34. The summed E-state index contributed by atoms with van der Waals surface area (Å²) in [4.78, 5) is 23.7. The first-order valence-electron chi connectivity index (χ1n) is 10.8. The van der Waals surface area contributed by atoms with Gasteiger partial charge in [-0.05, 0) is 61.9 Å². The topological polar surface area (TPSA) is 70.2 Å². The smallest absolute Gasteiger partial charge is 0.254 e. The van der Waals surface area contributed by atoms with Gasteiger partial charge in [-0.25, -0.2) is 9.37 Å². The lowest BCUT2D eigenvalue weighted by atomic mass is 9.86. The van der Waals surface area contributed by atoms with Crippen LogP contribution >= 0.6 is 15.9 Å². The predicted octanol–water partition coefficient (Wildman–Crippen LogP) is 5.00. The van der Waals surface area contributed by atoms with Crippen LogP contribution in [0, 0.1) is 11.7 Å². The van der Waals surface area contributed by atoms with Gasteiger partial charge in [0.15, 0.2) is 0 Å². The van der Waals surface area contributed by atoms with E-state index in [9.17, 15) is 9.18 Å². The van der Waals surface area contributed by atoms with Gasteiger partial charge in [0.1, 0.15) is 11.6 Å². The zero-order valence-electron chi connectivity index (χ0n) is 18.2. The summed E-state index contributed by atoms with van der Waals surface area (Å²) in [6.45, 7) is 0.554. The van der Waals surface area contributed by atoms with Gasteiger partial charge in [-0.2, -0.15) is 4.98 Å². The molecule has 0 atom stereocenters. The van der Waals surface area contributed by atoms with Crippen molar-refractivity contribution in [1.29, 1.82) is 0 Å². The molecule has 1 amide bonds. The van der Waals surface area contributed by atoms with Crippen molar-refractivity contribution in [2.75, 3.05) is 30.9 Å². The Balaban J connectivity index is 1.32. The zero-order valence-corrected chi connectivity index (χ0v) is 19.8. The molecule has 1 saturated carbocycles. The van der Waals surface area contributed by atoms with Gasteiger partial charge >= 0.3 is 0 Å². The first-order chi connectivity index (χ1) is 15.4. The summed E-state index contributed by atoms with van der Waals surface area (Å²) in [6.07, 6.45) is 3.91. The van der Waals surface area contributed by atoms with E-state index in [1.54, 1.807) is 6.07 Å². The number of rotatable bonds is 6. The van der Waals surface area contributed by atoms with E-state index >= 15 is 0 Å². The van der Waals surface area contributed by atoms with Crippen LogP contribution in [0.4, 0.5) is 16.2 Å². The van der Waals surface area contributed by atoms with E-state index in [4.69, 9.17) is 9.97 Å². The number of hydrogen-bond acceptors (Lipinski definition) is 5. The molecule has 1 aliphatic carbocycles. The predicted molar refractivity (Wildman–Crippen MR) is 130 cm³/mol. The van der Waals surface area contributed by atoms with Crippen LogP contribution in [0.2, 0.25) is 0 Å². The molecule has 168 valence electrons. The third-order valence-corrected chi connectivity index (χ3v) is 6.41. The van der Waals surface area contributed by atoms with Crippen molar-refractivity contribution in [3.05, 3.63) is 58.3 Å². The highest BCUT2D eigenvalue weighted by Crippen LogP contribution is 2.28. The van der Waals surface area contributed by atoms with Crippen LogP contribution < -0.4 is 15.5 Å². The van der Waals surface area contributed by atoms with E-state index in [0.29, 0.717) is 28.9 Å². The fourth-order valence-electron chi connectivity index (χ4n) is 4.16. The van der Waals surface area contributed by atoms with E-state index < -0.39 is 5.82 Å². The van der Waals surface area contributed by atoms with Gasteiger partial charge in [0.25, 0.3) is 5.91 Å². The highest BCUT2D eigenvalue weighted by Gasteiger charge is 2.23. The lowest BCUT2D eigenvalue weighted by molar-refractivity contribution is 0.0939. The van der Waals surface area contributed by atoms with Crippen LogP contribution in [0.1, 0.15) is 36.0 Å². The minimum absolute atomic E-state index is 0.0775. The Morgan fingerprint density at radius 2 is 1.88 bits per heavy atom. The molecule has 0 bridgehead atoms. The minimum Gasteiger partial charge on any atom is -0.362 e. The molecule has 1 heterocycles. The molecule has 0 aliphatic heterocycles. The number of nitrogens with zero attached hydrogens (tertiary/aromatic N) is 3. The number of nitrogens with one attached hydrogen (secondary N) is 2. The monoisotopic (exact) mass is 499 g/mol. The number of anilines is 2. The molecule has 3 aromatic rings. The van der Waals surface area contributed by atoms with Gasteiger partial charge in [0, 0.05) is 36.5 Å². The second-order valence-corrected chi connectivity index (χ2v) is 9.39. The molecule has 0 saturated heterocycles. The molecule has 1 fully saturated rings. The number of fused-ring (bicyclic) bond motifs is 1. The van der Waals surface area contributed by atoms with Crippen molar-refractivity contribution in [2.45, 2.75) is 31.7 Å². The average molecular weight is 500 g/mol. The Hall–Kier alpha value is -2.74. The molecule has 2 N–H and O–H groups in total. The second-order valence-electron chi connectivity index (χ2n) is 8.48. The molecule has 32 heavy (non-hydrogen) atoms. The summed E-state index contributed by atoms with van der Waals surface area (Å²) < 4.78 is 14.6. The number of amides is 1. The quantitative estimate of drug-likeness (QED) is 0.499. The van der Waals surface area contributed by atoms with E-state index in [0.717, 1.165) is 42.4 Å². The van der Waals surface area contributed by atoms with Gasteiger partial charge in [-0.15, -0.1) is 0 Å². The van der Waals surface area contributed by atoms with E-state index in [2.05, 4.69) is 26.6 Å². The molecule has 0 spiro atoms. The number of para-hydroxylation sites is 1. The summed E-state index contributed by atoms with van der Waals surface area (Å²) in [5.74, 6) is 1.04. The Morgan fingerprint density at radius 1 is 1.12 bits per heavy atom. The first kappa shape index (κ1) is 22.5. The Kier molecular flexibility index (Phi) is 6.89. The number of hydrogen-bond donors (Lipinski definition) is 2.